The molecule has 0 aromatic carbocycles. The Kier molecular flexibility index (Phi) is 4.34. The Morgan fingerprint density at radius 1 is 1.25 bits per heavy atom. The third kappa shape index (κ3) is 2.94. The second-order valence-corrected chi connectivity index (χ2v) is 6.42. The highest BCUT2D eigenvalue weighted by molar-refractivity contribution is 7.86. The topological polar surface area (TPSA) is 60.9 Å². The number of rotatable bonds is 4. The van der Waals surface area contributed by atoms with E-state index in [9.17, 15) is 13.5 Å². The highest BCUT2D eigenvalue weighted by atomic mass is 32.2. The van der Waals surface area contributed by atoms with Gasteiger partial charge in [-0.3, -0.25) is 0 Å². The highest BCUT2D eigenvalue weighted by Crippen LogP contribution is 2.24. The first-order chi connectivity index (χ1) is 7.33. The summed E-state index contributed by atoms with van der Waals surface area (Å²) >= 11 is 0. The van der Waals surface area contributed by atoms with Crippen molar-refractivity contribution in [2.24, 2.45) is 0 Å². The molecular formula is C10H22N2O3S. The van der Waals surface area contributed by atoms with Crippen molar-refractivity contribution < 1.29 is 13.5 Å². The number of nitrogens with zero attached hydrogens (tertiary/aromatic N) is 2. The summed E-state index contributed by atoms with van der Waals surface area (Å²) in [5, 5.41) is 9.78. The zero-order chi connectivity index (χ0) is 12.4. The van der Waals surface area contributed by atoms with Crippen molar-refractivity contribution in [3.63, 3.8) is 0 Å². The molecule has 1 aliphatic heterocycles. The van der Waals surface area contributed by atoms with Crippen molar-refractivity contribution in [3.8, 4) is 0 Å². The van der Waals surface area contributed by atoms with Crippen LogP contribution < -0.4 is 0 Å². The third-order valence-electron chi connectivity index (χ3n) is 3.16. The maximum Gasteiger partial charge on any atom is 0.281 e. The van der Waals surface area contributed by atoms with Crippen LogP contribution in [-0.4, -0.2) is 53.9 Å². The van der Waals surface area contributed by atoms with Gasteiger partial charge in [0.15, 0.2) is 0 Å². The van der Waals surface area contributed by atoms with Gasteiger partial charge in [-0.15, -0.1) is 0 Å². The number of piperidine rings is 1. The minimum absolute atomic E-state index is 0.409. The van der Waals surface area contributed by atoms with E-state index in [-0.39, 0.29) is 0 Å². The largest absolute Gasteiger partial charge is 0.390 e. The molecule has 96 valence electrons. The number of aliphatic hydroxyl groups is 1. The molecule has 1 rings (SSSR count). The molecule has 1 N–H and O–H groups in total. The van der Waals surface area contributed by atoms with Gasteiger partial charge in [-0.05, 0) is 19.8 Å². The molecule has 0 radical (unpaired) electrons. The fraction of sp³-hybridized carbons (Fsp3) is 1.00. The smallest absolute Gasteiger partial charge is 0.281 e. The van der Waals surface area contributed by atoms with Crippen LogP contribution in [0.3, 0.4) is 0 Å². The maximum absolute atomic E-state index is 12.1. The highest BCUT2D eigenvalue weighted by Gasteiger charge is 2.35. The summed E-state index contributed by atoms with van der Waals surface area (Å²) in [6.45, 7) is 7.23. The summed E-state index contributed by atoms with van der Waals surface area (Å²) < 4.78 is 27.2. The van der Waals surface area contributed by atoms with Crippen LogP contribution in [0.2, 0.25) is 0 Å². The molecular weight excluding hydrogens is 228 g/mol. The van der Waals surface area contributed by atoms with Gasteiger partial charge in [0.05, 0.1) is 5.60 Å². The molecule has 0 aliphatic carbocycles. The van der Waals surface area contributed by atoms with Crippen molar-refractivity contribution in [3.05, 3.63) is 0 Å². The lowest BCUT2D eigenvalue weighted by molar-refractivity contribution is 0.0116. The van der Waals surface area contributed by atoms with Crippen LogP contribution in [0.5, 0.6) is 0 Å². The summed E-state index contributed by atoms with van der Waals surface area (Å²) in [4.78, 5) is 0. The Bertz CT molecular complexity index is 313. The van der Waals surface area contributed by atoms with Crippen molar-refractivity contribution in [2.75, 3.05) is 26.2 Å². The Morgan fingerprint density at radius 2 is 1.69 bits per heavy atom. The van der Waals surface area contributed by atoms with Crippen molar-refractivity contribution in [1.29, 1.82) is 0 Å². The quantitative estimate of drug-likeness (QED) is 0.786. The molecule has 0 atom stereocenters. The SMILES string of the molecule is CCN(CC)S(=O)(=O)N1CCC(C)(O)CC1. The van der Waals surface area contributed by atoms with Crippen LogP contribution in [-0.2, 0) is 10.2 Å². The summed E-state index contributed by atoms with van der Waals surface area (Å²) in [5.41, 5.74) is -0.713. The predicted molar refractivity (Wildman–Crippen MR) is 63.3 cm³/mol. The molecule has 0 amide bonds. The normalized spacial score (nSPS) is 22.6. The molecule has 0 spiro atoms. The molecule has 5 nitrogen and oxygen atoms in total. The van der Waals surface area contributed by atoms with E-state index in [0.29, 0.717) is 39.0 Å². The minimum atomic E-state index is -3.32. The van der Waals surface area contributed by atoms with Gasteiger partial charge in [-0.25, -0.2) is 0 Å². The fourth-order valence-electron chi connectivity index (χ4n) is 1.91. The first-order valence-electron chi connectivity index (χ1n) is 5.81. The standard InChI is InChI=1S/C10H22N2O3S/c1-4-11(5-2)16(14,15)12-8-6-10(3,13)7-9-12/h13H,4-9H2,1-3H3. The molecule has 1 heterocycles. The third-order valence-corrected chi connectivity index (χ3v) is 5.34. The maximum atomic E-state index is 12.1. The lowest BCUT2D eigenvalue weighted by atomic mass is 9.95. The van der Waals surface area contributed by atoms with E-state index in [1.165, 1.54) is 8.61 Å². The van der Waals surface area contributed by atoms with Crippen LogP contribution in [0.1, 0.15) is 33.6 Å². The molecule has 0 bridgehead atoms. The molecule has 1 aliphatic rings. The lowest BCUT2D eigenvalue weighted by Crippen LogP contribution is -2.50. The van der Waals surface area contributed by atoms with E-state index >= 15 is 0 Å². The summed E-state index contributed by atoms with van der Waals surface area (Å²) in [6, 6.07) is 0. The molecule has 16 heavy (non-hydrogen) atoms. The summed E-state index contributed by atoms with van der Waals surface area (Å²) in [7, 11) is -3.32. The number of hydrogen-bond acceptors (Lipinski definition) is 3. The van der Waals surface area contributed by atoms with Crippen molar-refractivity contribution in [1.82, 2.24) is 8.61 Å². The average Bonchev–Trinajstić information content (AvgIpc) is 2.18. The van der Waals surface area contributed by atoms with Crippen molar-refractivity contribution >= 4 is 10.2 Å². The molecule has 6 heteroatoms. The van der Waals surface area contributed by atoms with Crippen LogP contribution in [0.25, 0.3) is 0 Å². The minimum Gasteiger partial charge on any atom is -0.390 e. The fourth-order valence-corrected chi connectivity index (χ4v) is 3.54. The van der Waals surface area contributed by atoms with Crippen LogP contribution >= 0.6 is 0 Å². The lowest BCUT2D eigenvalue weighted by Gasteiger charge is -2.37. The van der Waals surface area contributed by atoms with Gasteiger partial charge in [0, 0.05) is 26.2 Å². The van der Waals surface area contributed by atoms with E-state index in [0.717, 1.165) is 0 Å². The predicted octanol–water partition coefficient (Wildman–Crippen LogP) is 0.420. The zero-order valence-electron chi connectivity index (χ0n) is 10.3. The first kappa shape index (κ1) is 13.9. The Labute approximate surface area is 98.2 Å². The van der Waals surface area contributed by atoms with Gasteiger partial charge in [0.25, 0.3) is 10.2 Å². The van der Waals surface area contributed by atoms with Gasteiger partial charge in [0.1, 0.15) is 0 Å². The van der Waals surface area contributed by atoms with Gasteiger partial charge in [0.2, 0.25) is 0 Å². The zero-order valence-corrected chi connectivity index (χ0v) is 11.1. The van der Waals surface area contributed by atoms with E-state index < -0.39 is 15.8 Å². The molecule has 1 fully saturated rings. The molecule has 0 saturated carbocycles. The Balaban J connectivity index is 2.72. The van der Waals surface area contributed by atoms with Gasteiger partial charge >= 0.3 is 0 Å². The Hall–Kier alpha value is -0.170. The van der Waals surface area contributed by atoms with E-state index in [4.69, 9.17) is 0 Å². The molecule has 0 aromatic heterocycles. The summed E-state index contributed by atoms with van der Waals surface area (Å²) in [6.07, 6.45) is 1.01. The van der Waals surface area contributed by atoms with Gasteiger partial charge in [-0.1, -0.05) is 13.8 Å². The summed E-state index contributed by atoms with van der Waals surface area (Å²) in [5.74, 6) is 0. The van der Waals surface area contributed by atoms with E-state index in [1.807, 2.05) is 13.8 Å². The van der Waals surface area contributed by atoms with Crippen molar-refractivity contribution in [2.45, 2.75) is 39.2 Å². The van der Waals surface area contributed by atoms with Crippen LogP contribution in [0.4, 0.5) is 0 Å². The van der Waals surface area contributed by atoms with Crippen LogP contribution in [0, 0.1) is 0 Å². The average molecular weight is 250 g/mol. The number of hydrogen-bond donors (Lipinski definition) is 1. The van der Waals surface area contributed by atoms with Gasteiger partial charge in [-0.2, -0.15) is 17.0 Å². The van der Waals surface area contributed by atoms with E-state index in [1.54, 1.807) is 6.92 Å². The van der Waals surface area contributed by atoms with Gasteiger partial charge < -0.3 is 5.11 Å². The van der Waals surface area contributed by atoms with E-state index in [2.05, 4.69) is 0 Å². The Morgan fingerprint density at radius 3 is 2.06 bits per heavy atom. The molecule has 1 saturated heterocycles. The first-order valence-corrected chi connectivity index (χ1v) is 7.21. The molecule has 0 unspecified atom stereocenters. The monoisotopic (exact) mass is 250 g/mol. The second-order valence-electron chi connectivity index (χ2n) is 4.49. The van der Waals surface area contributed by atoms with Crippen LogP contribution in [0.15, 0.2) is 0 Å². The second kappa shape index (κ2) is 5.00. The molecule has 0 aromatic rings.